The lowest BCUT2D eigenvalue weighted by atomic mass is 10.3. The van der Waals surface area contributed by atoms with Gasteiger partial charge in [0.05, 0.1) is 21.8 Å². The molecule has 0 aliphatic carbocycles. The number of fused-ring (bicyclic) bond motifs is 1. The Morgan fingerprint density at radius 3 is 2.90 bits per heavy atom. The van der Waals surface area contributed by atoms with Gasteiger partial charge in [-0.2, -0.15) is 0 Å². The molecule has 0 saturated carbocycles. The number of hydrogen-bond acceptors (Lipinski definition) is 3. The number of H-pyrrole nitrogens is 1. The first-order valence-corrected chi connectivity index (χ1v) is 7.82. The molecule has 0 radical (unpaired) electrons. The predicted octanol–water partition coefficient (Wildman–Crippen LogP) is 2.63. The number of anilines is 1. The van der Waals surface area contributed by atoms with Crippen LogP contribution in [0, 0.1) is 5.82 Å². The maximum absolute atomic E-state index is 13.1. The van der Waals surface area contributed by atoms with E-state index in [1.165, 1.54) is 12.1 Å². The first-order chi connectivity index (χ1) is 10.1. The maximum Gasteiger partial charge on any atom is 0.124 e. The van der Waals surface area contributed by atoms with Gasteiger partial charge in [0.25, 0.3) is 0 Å². The topological polar surface area (TPSA) is 71.8 Å². The van der Waals surface area contributed by atoms with Crippen molar-refractivity contribution in [2.45, 2.75) is 11.3 Å². The monoisotopic (exact) mass is 303 g/mol. The van der Waals surface area contributed by atoms with Crippen molar-refractivity contribution >= 4 is 27.5 Å². The molecule has 1 unspecified atom stereocenters. The molecule has 0 saturated heterocycles. The number of benzene rings is 2. The Kier molecular flexibility index (Phi) is 3.70. The zero-order chi connectivity index (χ0) is 14.8. The number of hydrogen-bond donors (Lipinski definition) is 2. The van der Waals surface area contributed by atoms with E-state index in [0.717, 1.165) is 16.9 Å². The van der Waals surface area contributed by atoms with E-state index in [0.29, 0.717) is 22.8 Å². The molecule has 21 heavy (non-hydrogen) atoms. The molecule has 0 amide bonds. The third-order valence-electron chi connectivity index (χ3n) is 3.14. The van der Waals surface area contributed by atoms with Gasteiger partial charge < -0.3 is 10.7 Å². The van der Waals surface area contributed by atoms with Crippen LogP contribution in [-0.2, 0) is 17.2 Å². The molecule has 0 bridgehead atoms. The quantitative estimate of drug-likeness (QED) is 0.728. The second kappa shape index (κ2) is 5.65. The van der Waals surface area contributed by atoms with Crippen LogP contribution in [0.15, 0.2) is 47.4 Å². The Hall–Kier alpha value is -2.21. The van der Waals surface area contributed by atoms with Crippen LogP contribution >= 0.6 is 0 Å². The number of imidazole rings is 1. The highest BCUT2D eigenvalue weighted by Gasteiger charge is 2.08. The van der Waals surface area contributed by atoms with Gasteiger partial charge in [-0.25, -0.2) is 9.37 Å². The SMILES string of the molecule is Nc1ccc2nc(CCS(=O)c3cccc(F)c3)[nH]c2c1. The summed E-state index contributed by atoms with van der Waals surface area (Å²) in [6.07, 6.45) is 0.526. The zero-order valence-electron chi connectivity index (χ0n) is 11.2. The van der Waals surface area contributed by atoms with Gasteiger partial charge in [0.2, 0.25) is 0 Å². The maximum atomic E-state index is 13.1. The highest BCUT2D eigenvalue weighted by Crippen LogP contribution is 2.16. The van der Waals surface area contributed by atoms with E-state index >= 15 is 0 Å². The Bertz CT molecular complexity index is 816. The summed E-state index contributed by atoms with van der Waals surface area (Å²) in [6.45, 7) is 0. The number of aromatic amines is 1. The van der Waals surface area contributed by atoms with Crippen LogP contribution in [0.4, 0.5) is 10.1 Å². The van der Waals surface area contributed by atoms with Gasteiger partial charge in [0.15, 0.2) is 0 Å². The molecule has 3 rings (SSSR count). The highest BCUT2D eigenvalue weighted by atomic mass is 32.2. The molecule has 0 spiro atoms. The Morgan fingerprint density at radius 1 is 1.24 bits per heavy atom. The predicted molar refractivity (Wildman–Crippen MR) is 81.9 cm³/mol. The van der Waals surface area contributed by atoms with E-state index in [-0.39, 0.29) is 5.82 Å². The number of nitrogens with zero attached hydrogens (tertiary/aromatic N) is 1. The van der Waals surface area contributed by atoms with Crippen molar-refractivity contribution in [1.82, 2.24) is 9.97 Å². The summed E-state index contributed by atoms with van der Waals surface area (Å²) in [6, 6.07) is 11.3. The van der Waals surface area contributed by atoms with Crippen molar-refractivity contribution < 1.29 is 8.60 Å². The van der Waals surface area contributed by atoms with Crippen molar-refractivity contribution in [3.63, 3.8) is 0 Å². The van der Waals surface area contributed by atoms with Crippen LogP contribution in [0.2, 0.25) is 0 Å². The molecule has 0 fully saturated rings. The van der Waals surface area contributed by atoms with Crippen molar-refractivity contribution in [3.05, 3.63) is 54.1 Å². The number of halogens is 1. The summed E-state index contributed by atoms with van der Waals surface area (Å²) >= 11 is 0. The van der Waals surface area contributed by atoms with Crippen molar-refractivity contribution in [3.8, 4) is 0 Å². The Balaban J connectivity index is 1.72. The lowest BCUT2D eigenvalue weighted by Crippen LogP contribution is -2.03. The standard InChI is InChI=1S/C15H14FN3OS/c16-10-2-1-3-12(8-10)21(20)7-6-15-18-13-5-4-11(17)9-14(13)19-15/h1-5,8-9H,6-7,17H2,(H,18,19). The number of rotatable bonds is 4. The zero-order valence-corrected chi connectivity index (χ0v) is 12.0. The molecule has 4 nitrogen and oxygen atoms in total. The number of aromatic nitrogens is 2. The summed E-state index contributed by atoms with van der Waals surface area (Å²) < 4.78 is 25.2. The van der Waals surface area contributed by atoms with Gasteiger partial charge in [-0.05, 0) is 36.4 Å². The van der Waals surface area contributed by atoms with E-state index in [9.17, 15) is 8.60 Å². The van der Waals surface area contributed by atoms with Gasteiger partial charge in [-0.15, -0.1) is 0 Å². The smallest absolute Gasteiger partial charge is 0.124 e. The fraction of sp³-hybridized carbons (Fsp3) is 0.133. The summed E-state index contributed by atoms with van der Waals surface area (Å²) in [7, 11) is -1.24. The van der Waals surface area contributed by atoms with Crippen LogP contribution in [-0.4, -0.2) is 19.9 Å². The molecular weight excluding hydrogens is 289 g/mol. The molecule has 1 heterocycles. The molecule has 0 aliphatic heterocycles. The summed E-state index contributed by atoms with van der Waals surface area (Å²) in [5.41, 5.74) is 8.07. The second-order valence-electron chi connectivity index (χ2n) is 4.72. The van der Waals surface area contributed by atoms with Gasteiger partial charge in [0, 0.05) is 22.8 Å². The average molecular weight is 303 g/mol. The van der Waals surface area contributed by atoms with Gasteiger partial charge in [-0.1, -0.05) is 6.07 Å². The molecular formula is C15H14FN3OS. The second-order valence-corrected chi connectivity index (χ2v) is 6.29. The van der Waals surface area contributed by atoms with Crippen LogP contribution in [0.25, 0.3) is 11.0 Å². The van der Waals surface area contributed by atoms with E-state index in [1.807, 2.05) is 12.1 Å². The lowest BCUT2D eigenvalue weighted by Gasteiger charge is -2.01. The molecule has 0 aliphatic rings. The normalized spacial score (nSPS) is 12.6. The van der Waals surface area contributed by atoms with Crippen molar-refractivity contribution in [1.29, 1.82) is 0 Å². The minimum Gasteiger partial charge on any atom is -0.399 e. The molecule has 1 aromatic heterocycles. The number of nitrogens with two attached hydrogens (primary N) is 1. The summed E-state index contributed by atoms with van der Waals surface area (Å²) in [4.78, 5) is 8.07. The fourth-order valence-corrected chi connectivity index (χ4v) is 3.20. The third-order valence-corrected chi connectivity index (χ3v) is 4.49. The first kappa shape index (κ1) is 13.8. The van der Waals surface area contributed by atoms with Gasteiger partial charge >= 0.3 is 0 Å². The number of aryl methyl sites for hydroxylation is 1. The Labute approximate surface area is 123 Å². The van der Waals surface area contributed by atoms with Crippen LogP contribution in [0.1, 0.15) is 5.82 Å². The molecule has 3 aromatic rings. The molecule has 2 aromatic carbocycles. The molecule has 1 atom stereocenters. The third kappa shape index (κ3) is 3.11. The van der Waals surface area contributed by atoms with Crippen LogP contribution in [0.5, 0.6) is 0 Å². The number of nitrogens with one attached hydrogen (secondary N) is 1. The van der Waals surface area contributed by atoms with Crippen LogP contribution < -0.4 is 5.73 Å². The van der Waals surface area contributed by atoms with Crippen molar-refractivity contribution in [2.24, 2.45) is 0 Å². The largest absolute Gasteiger partial charge is 0.399 e. The van der Waals surface area contributed by atoms with E-state index < -0.39 is 10.8 Å². The first-order valence-electron chi connectivity index (χ1n) is 6.50. The Morgan fingerprint density at radius 2 is 2.10 bits per heavy atom. The number of nitrogen functional groups attached to an aromatic ring is 1. The van der Waals surface area contributed by atoms with Gasteiger partial charge in [0.1, 0.15) is 11.6 Å². The summed E-state index contributed by atoms with van der Waals surface area (Å²) in [5, 5.41) is 0. The molecule has 108 valence electrons. The van der Waals surface area contributed by atoms with Gasteiger partial charge in [-0.3, -0.25) is 4.21 Å². The van der Waals surface area contributed by atoms with E-state index in [4.69, 9.17) is 5.73 Å². The minimum absolute atomic E-state index is 0.375. The molecule has 3 N–H and O–H groups in total. The van der Waals surface area contributed by atoms with E-state index in [2.05, 4.69) is 9.97 Å². The fourth-order valence-electron chi connectivity index (χ4n) is 2.11. The van der Waals surface area contributed by atoms with Crippen molar-refractivity contribution in [2.75, 3.05) is 11.5 Å². The molecule has 6 heteroatoms. The summed E-state index contributed by atoms with van der Waals surface area (Å²) in [5.74, 6) is 0.763. The van der Waals surface area contributed by atoms with Crippen LogP contribution in [0.3, 0.4) is 0 Å². The lowest BCUT2D eigenvalue weighted by molar-refractivity contribution is 0.622. The average Bonchev–Trinajstić information content (AvgIpc) is 2.86. The van der Waals surface area contributed by atoms with E-state index in [1.54, 1.807) is 18.2 Å². The highest BCUT2D eigenvalue weighted by molar-refractivity contribution is 7.85. The minimum atomic E-state index is -1.24.